The van der Waals surface area contributed by atoms with Crippen LogP contribution in [0, 0.1) is 0 Å². The number of hydrogen-bond donors (Lipinski definition) is 3. The van der Waals surface area contributed by atoms with Crippen LogP contribution in [0.15, 0.2) is 22.6 Å². The average molecular weight is 369 g/mol. The number of aromatic nitrogens is 2. The molecule has 0 spiro atoms. The van der Waals surface area contributed by atoms with Crippen molar-refractivity contribution in [3.8, 4) is 5.75 Å². The van der Waals surface area contributed by atoms with Gasteiger partial charge in [-0.2, -0.15) is 0 Å². The highest BCUT2D eigenvalue weighted by molar-refractivity contribution is 7.92. The van der Waals surface area contributed by atoms with Crippen molar-refractivity contribution in [1.29, 1.82) is 0 Å². The van der Waals surface area contributed by atoms with Gasteiger partial charge in [-0.15, -0.1) is 10.2 Å². The lowest BCUT2D eigenvalue weighted by Crippen LogP contribution is -2.28. The Morgan fingerprint density at radius 3 is 2.60 bits per heavy atom. The fraction of sp³-hybridized carbons (Fsp3) is 0.357. The number of nitrogens with one attached hydrogen (secondary N) is 3. The number of carbonyl (C=O) groups is 1. The van der Waals surface area contributed by atoms with Crippen LogP contribution in [0.4, 0.5) is 16.2 Å². The number of carbonyl (C=O) groups excluding carboxylic acids is 1. The number of urea groups is 1. The minimum Gasteiger partial charge on any atom is -0.495 e. The molecule has 0 saturated heterocycles. The third-order valence-electron chi connectivity index (χ3n) is 2.96. The lowest BCUT2D eigenvalue weighted by Gasteiger charge is -2.12. The normalized spacial score (nSPS) is 11.0. The van der Waals surface area contributed by atoms with Crippen LogP contribution in [0.3, 0.4) is 0 Å². The maximum atomic E-state index is 11.9. The van der Waals surface area contributed by atoms with Gasteiger partial charge in [-0.05, 0) is 18.2 Å². The van der Waals surface area contributed by atoms with Crippen molar-refractivity contribution in [2.24, 2.45) is 0 Å². The largest absolute Gasteiger partial charge is 0.495 e. The third kappa shape index (κ3) is 5.64. The summed E-state index contributed by atoms with van der Waals surface area (Å²) in [5, 5.41) is 12.7. The molecule has 25 heavy (non-hydrogen) atoms. The number of hydrogen-bond acceptors (Lipinski definition) is 7. The molecular formula is C14H19N5O5S. The summed E-state index contributed by atoms with van der Waals surface area (Å²) in [6.07, 6.45) is 1.63. The summed E-state index contributed by atoms with van der Waals surface area (Å²) in [7, 11) is -2.07. The van der Waals surface area contributed by atoms with Crippen LogP contribution in [0.25, 0.3) is 0 Å². The van der Waals surface area contributed by atoms with Gasteiger partial charge < -0.3 is 19.8 Å². The van der Waals surface area contributed by atoms with E-state index >= 15 is 0 Å². The Morgan fingerprint density at radius 2 is 2.00 bits per heavy atom. The van der Waals surface area contributed by atoms with Crippen molar-refractivity contribution in [2.45, 2.75) is 19.9 Å². The number of sulfonamides is 1. The Morgan fingerprint density at radius 1 is 1.28 bits per heavy atom. The van der Waals surface area contributed by atoms with Crippen molar-refractivity contribution in [1.82, 2.24) is 15.5 Å². The molecule has 0 unspecified atom stereocenters. The van der Waals surface area contributed by atoms with E-state index in [1.807, 2.05) is 6.92 Å². The van der Waals surface area contributed by atoms with Gasteiger partial charge in [0.2, 0.25) is 21.8 Å². The second kappa shape index (κ2) is 7.83. The lowest BCUT2D eigenvalue weighted by atomic mass is 10.2. The van der Waals surface area contributed by atoms with Crippen LogP contribution in [0.2, 0.25) is 0 Å². The van der Waals surface area contributed by atoms with Crippen LogP contribution < -0.4 is 20.1 Å². The molecular weight excluding hydrogens is 350 g/mol. The first-order valence-corrected chi connectivity index (χ1v) is 9.21. The van der Waals surface area contributed by atoms with E-state index in [0.717, 1.165) is 6.26 Å². The highest BCUT2D eigenvalue weighted by Crippen LogP contribution is 2.28. The van der Waals surface area contributed by atoms with Gasteiger partial charge in [0.15, 0.2) is 0 Å². The minimum atomic E-state index is -3.49. The van der Waals surface area contributed by atoms with Gasteiger partial charge in [0, 0.05) is 12.1 Å². The molecule has 0 aliphatic carbocycles. The molecule has 2 aromatic rings. The first-order chi connectivity index (χ1) is 11.8. The predicted octanol–water partition coefficient (Wildman–Crippen LogP) is 1.33. The van der Waals surface area contributed by atoms with Gasteiger partial charge in [-0.1, -0.05) is 6.92 Å². The summed E-state index contributed by atoms with van der Waals surface area (Å²) in [6, 6.07) is 4.05. The SMILES string of the molecule is CCc1nnc(CNC(=O)Nc2ccc(OC)c(NS(C)(=O)=O)c2)o1. The smallest absolute Gasteiger partial charge is 0.319 e. The zero-order valence-corrected chi connectivity index (χ0v) is 14.8. The molecule has 2 amide bonds. The van der Waals surface area contributed by atoms with Crippen LogP contribution in [0.5, 0.6) is 5.75 Å². The zero-order valence-electron chi connectivity index (χ0n) is 14.0. The van der Waals surface area contributed by atoms with Crippen molar-refractivity contribution >= 4 is 27.4 Å². The molecule has 3 N–H and O–H groups in total. The van der Waals surface area contributed by atoms with E-state index in [0.29, 0.717) is 29.6 Å². The summed E-state index contributed by atoms with van der Waals surface area (Å²) in [5.41, 5.74) is 0.594. The quantitative estimate of drug-likeness (QED) is 0.670. The average Bonchev–Trinajstić information content (AvgIpc) is 3.00. The predicted molar refractivity (Wildman–Crippen MR) is 91.0 cm³/mol. The monoisotopic (exact) mass is 369 g/mol. The molecule has 0 atom stereocenters. The van der Waals surface area contributed by atoms with Crippen LogP contribution in [-0.2, 0) is 23.0 Å². The van der Waals surface area contributed by atoms with Crippen LogP contribution in [0.1, 0.15) is 18.7 Å². The number of methoxy groups -OCH3 is 1. The van der Waals surface area contributed by atoms with Crippen molar-refractivity contribution < 1.29 is 22.4 Å². The maximum absolute atomic E-state index is 11.9. The van der Waals surface area contributed by atoms with Crippen molar-refractivity contribution in [2.75, 3.05) is 23.4 Å². The molecule has 0 aliphatic heterocycles. The first-order valence-electron chi connectivity index (χ1n) is 7.32. The molecule has 1 heterocycles. The lowest BCUT2D eigenvalue weighted by molar-refractivity contribution is 0.250. The number of anilines is 2. The molecule has 11 heteroatoms. The Kier molecular flexibility index (Phi) is 5.80. The van der Waals surface area contributed by atoms with E-state index in [1.54, 1.807) is 6.07 Å². The van der Waals surface area contributed by atoms with Gasteiger partial charge in [-0.25, -0.2) is 13.2 Å². The Hall–Kier alpha value is -2.82. The second-order valence-corrected chi connectivity index (χ2v) is 6.79. The zero-order chi connectivity index (χ0) is 18.4. The topological polar surface area (TPSA) is 135 Å². The fourth-order valence-corrected chi connectivity index (χ4v) is 2.46. The highest BCUT2D eigenvalue weighted by atomic mass is 32.2. The number of benzene rings is 1. The van der Waals surface area contributed by atoms with Gasteiger partial charge in [0.1, 0.15) is 5.75 Å². The Balaban J connectivity index is 2.01. The first kappa shape index (κ1) is 18.5. The number of nitrogens with zero attached hydrogens (tertiary/aromatic N) is 2. The van der Waals surface area contributed by atoms with E-state index in [-0.39, 0.29) is 12.2 Å². The van der Waals surface area contributed by atoms with Crippen molar-refractivity contribution in [3.05, 3.63) is 30.0 Å². The molecule has 1 aromatic carbocycles. The molecule has 10 nitrogen and oxygen atoms in total. The second-order valence-electron chi connectivity index (χ2n) is 5.04. The van der Waals surface area contributed by atoms with E-state index in [2.05, 4.69) is 25.6 Å². The summed E-state index contributed by atoms with van der Waals surface area (Å²) in [4.78, 5) is 11.9. The number of rotatable bonds is 7. The summed E-state index contributed by atoms with van der Waals surface area (Å²) in [5.74, 6) is 1.11. The summed E-state index contributed by atoms with van der Waals surface area (Å²) >= 11 is 0. The molecule has 1 aromatic heterocycles. The summed E-state index contributed by atoms with van der Waals surface area (Å²) < 4.78 is 35.5. The maximum Gasteiger partial charge on any atom is 0.319 e. The van der Waals surface area contributed by atoms with E-state index in [4.69, 9.17) is 9.15 Å². The minimum absolute atomic E-state index is 0.0729. The molecule has 0 fully saturated rings. The van der Waals surface area contributed by atoms with E-state index in [1.165, 1.54) is 19.2 Å². The van der Waals surface area contributed by atoms with Crippen LogP contribution in [-0.4, -0.2) is 38.0 Å². The number of amides is 2. The van der Waals surface area contributed by atoms with Crippen molar-refractivity contribution in [3.63, 3.8) is 0 Å². The van der Waals surface area contributed by atoms with Gasteiger partial charge >= 0.3 is 6.03 Å². The van der Waals surface area contributed by atoms with Gasteiger partial charge in [0.05, 0.1) is 25.6 Å². The molecule has 2 rings (SSSR count). The Labute approximate surface area is 145 Å². The molecule has 0 bridgehead atoms. The summed E-state index contributed by atoms with van der Waals surface area (Å²) in [6.45, 7) is 1.95. The molecule has 0 saturated carbocycles. The molecule has 0 radical (unpaired) electrons. The Bertz CT molecular complexity index is 849. The number of ether oxygens (including phenoxy) is 1. The standard InChI is InChI=1S/C14H19N5O5S/c1-4-12-17-18-13(24-12)8-15-14(20)16-9-5-6-11(23-2)10(7-9)19-25(3,21)22/h5-7,19H,4,8H2,1-3H3,(H2,15,16,20). The highest BCUT2D eigenvalue weighted by Gasteiger charge is 2.11. The third-order valence-corrected chi connectivity index (χ3v) is 3.55. The van der Waals surface area contributed by atoms with Crippen LogP contribution >= 0.6 is 0 Å². The van der Waals surface area contributed by atoms with Gasteiger partial charge in [0.25, 0.3) is 0 Å². The van der Waals surface area contributed by atoms with E-state index < -0.39 is 16.1 Å². The number of aryl methyl sites for hydroxylation is 1. The molecule has 136 valence electrons. The molecule has 0 aliphatic rings. The van der Waals surface area contributed by atoms with E-state index in [9.17, 15) is 13.2 Å². The van der Waals surface area contributed by atoms with Gasteiger partial charge in [-0.3, -0.25) is 4.72 Å². The fourth-order valence-electron chi connectivity index (χ4n) is 1.90.